The highest BCUT2D eigenvalue weighted by Crippen LogP contribution is 2.03. The zero-order chi connectivity index (χ0) is 9.98. The van der Waals surface area contributed by atoms with E-state index in [0.29, 0.717) is 9.66 Å². The van der Waals surface area contributed by atoms with Crippen LogP contribution in [0, 0.1) is 4.64 Å². The topological polar surface area (TPSA) is 15.8 Å². The first-order valence-corrected chi connectivity index (χ1v) is 4.42. The maximum absolute atomic E-state index is 5.56. The van der Waals surface area contributed by atoms with Crippen molar-refractivity contribution in [1.29, 1.82) is 0 Å². The first-order chi connectivity index (χ1) is 5.79. The number of aromatic amines is 1. The Morgan fingerprint density at radius 2 is 1.92 bits per heavy atom. The van der Waals surface area contributed by atoms with Crippen LogP contribution in [0.2, 0.25) is 5.02 Å². The first-order valence-electron chi connectivity index (χ1n) is 3.63. The summed E-state index contributed by atoms with van der Waals surface area (Å²) in [6.07, 6.45) is 1.71. The van der Waals surface area contributed by atoms with Gasteiger partial charge in [-0.05, 0) is 12.1 Å². The number of H-pyrrole nitrogens is 1. The van der Waals surface area contributed by atoms with Crippen molar-refractivity contribution >= 4 is 23.8 Å². The van der Waals surface area contributed by atoms with Gasteiger partial charge in [0.05, 0.1) is 0 Å². The fourth-order valence-corrected chi connectivity index (χ4v) is 0.850. The van der Waals surface area contributed by atoms with Crippen LogP contribution in [-0.4, -0.2) is 4.98 Å². The lowest BCUT2D eigenvalue weighted by molar-refractivity contribution is 1.30. The Labute approximate surface area is 84.1 Å². The molecular formula is C9H14ClNS. The van der Waals surface area contributed by atoms with Crippen molar-refractivity contribution < 1.29 is 0 Å². The lowest BCUT2D eigenvalue weighted by Gasteiger charge is -1.83. The van der Waals surface area contributed by atoms with Gasteiger partial charge in [0, 0.05) is 11.2 Å². The molecule has 12 heavy (non-hydrogen) atoms. The maximum Gasteiger partial charge on any atom is 0.104 e. The minimum absolute atomic E-state index is 0.664. The van der Waals surface area contributed by atoms with Crippen LogP contribution in [0.15, 0.2) is 31.5 Å². The van der Waals surface area contributed by atoms with Crippen molar-refractivity contribution in [2.24, 2.45) is 0 Å². The Bertz CT molecular complexity index is 244. The molecule has 1 N–H and O–H groups in total. The van der Waals surface area contributed by atoms with Gasteiger partial charge in [0.15, 0.2) is 0 Å². The Kier molecular flexibility index (Phi) is 12.1. The van der Waals surface area contributed by atoms with E-state index >= 15 is 0 Å². The highest BCUT2D eigenvalue weighted by atomic mass is 35.5. The van der Waals surface area contributed by atoms with Crippen LogP contribution in [0.4, 0.5) is 0 Å². The molecule has 1 aromatic rings. The highest BCUT2D eigenvalue weighted by molar-refractivity contribution is 7.71. The molecule has 0 aromatic carbocycles. The number of hydrogen-bond acceptors (Lipinski definition) is 1. The summed E-state index contributed by atoms with van der Waals surface area (Å²) in [6, 6.07) is 3.44. The second-order valence-electron chi connectivity index (χ2n) is 1.37. The van der Waals surface area contributed by atoms with Crippen molar-refractivity contribution in [2.75, 3.05) is 0 Å². The molecule has 0 saturated heterocycles. The molecule has 1 rings (SSSR count). The summed E-state index contributed by atoms with van der Waals surface area (Å²) < 4.78 is 0.664. The summed E-state index contributed by atoms with van der Waals surface area (Å²) in [5, 5.41) is 0.675. The Morgan fingerprint density at radius 1 is 1.42 bits per heavy atom. The average molecular weight is 204 g/mol. The van der Waals surface area contributed by atoms with E-state index < -0.39 is 0 Å². The zero-order valence-corrected chi connectivity index (χ0v) is 9.00. The van der Waals surface area contributed by atoms with Crippen LogP contribution in [0.3, 0.4) is 0 Å². The molecule has 0 bridgehead atoms. The molecule has 68 valence electrons. The van der Waals surface area contributed by atoms with E-state index in [4.69, 9.17) is 23.8 Å². The second-order valence-corrected chi connectivity index (χ2v) is 2.25. The molecule has 0 radical (unpaired) electrons. The summed E-state index contributed by atoms with van der Waals surface area (Å²) in [7, 11) is 0. The maximum atomic E-state index is 5.56. The van der Waals surface area contributed by atoms with Crippen LogP contribution >= 0.6 is 23.8 Å². The quantitative estimate of drug-likeness (QED) is 0.493. The van der Waals surface area contributed by atoms with E-state index in [-0.39, 0.29) is 0 Å². The van der Waals surface area contributed by atoms with Gasteiger partial charge in [-0.2, -0.15) is 0 Å². The summed E-state index contributed by atoms with van der Waals surface area (Å²) in [5.41, 5.74) is 0. The van der Waals surface area contributed by atoms with Crippen LogP contribution in [-0.2, 0) is 0 Å². The van der Waals surface area contributed by atoms with Gasteiger partial charge in [-0.1, -0.05) is 37.7 Å². The molecule has 0 saturated carbocycles. The van der Waals surface area contributed by atoms with Gasteiger partial charge in [-0.25, -0.2) is 0 Å². The highest BCUT2D eigenvalue weighted by Gasteiger charge is 1.79. The van der Waals surface area contributed by atoms with E-state index in [2.05, 4.69) is 18.1 Å². The standard InChI is InChI=1S/C5H4ClNS.C2H6.C2H4/c6-4-1-2-7-5(8)3-4;2*1-2/h1-3H,(H,7,8);1-2H3;1-2H2. The lowest BCUT2D eigenvalue weighted by atomic mass is 10.5. The first kappa shape index (κ1) is 14.0. The predicted octanol–water partition coefficient (Wildman–Crippen LogP) is 4.23. The number of nitrogens with one attached hydrogen (secondary N) is 1. The summed E-state index contributed by atoms with van der Waals surface area (Å²) in [4.78, 5) is 2.80. The normalized spacial score (nSPS) is 6.92. The van der Waals surface area contributed by atoms with Crippen molar-refractivity contribution in [3.63, 3.8) is 0 Å². The van der Waals surface area contributed by atoms with E-state index in [1.54, 1.807) is 18.3 Å². The molecule has 0 aliphatic carbocycles. The number of hydrogen-bond donors (Lipinski definition) is 1. The van der Waals surface area contributed by atoms with Gasteiger partial charge in [-0.3, -0.25) is 0 Å². The monoisotopic (exact) mass is 203 g/mol. The predicted molar refractivity (Wildman–Crippen MR) is 59.2 cm³/mol. The van der Waals surface area contributed by atoms with Gasteiger partial charge < -0.3 is 4.98 Å². The molecule has 0 aliphatic rings. The van der Waals surface area contributed by atoms with Gasteiger partial charge in [0.25, 0.3) is 0 Å². The lowest BCUT2D eigenvalue weighted by Crippen LogP contribution is -1.68. The Balaban J connectivity index is 0. The van der Waals surface area contributed by atoms with Gasteiger partial charge in [0.1, 0.15) is 4.64 Å². The molecule has 1 aromatic heterocycles. The molecule has 0 aliphatic heterocycles. The van der Waals surface area contributed by atoms with Crippen molar-refractivity contribution in [3.05, 3.63) is 41.2 Å². The fourth-order valence-electron chi connectivity index (χ4n) is 0.418. The summed E-state index contributed by atoms with van der Waals surface area (Å²) >= 11 is 10.3. The number of rotatable bonds is 0. The molecule has 1 nitrogen and oxygen atoms in total. The zero-order valence-electron chi connectivity index (χ0n) is 7.43. The van der Waals surface area contributed by atoms with Crippen LogP contribution in [0.5, 0.6) is 0 Å². The van der Waals surface area contributed by atoms with Crippen LogP contribution in [0.25, 0.3) is 0 Å². The summed E-state index contributed by atoms with van der Waals surface area (Å²) in [6.45, 7) is 10.0. The van der Waals surface area contributed by atoms with E-state index in [1.807, 2.05) is 13.8 Å². The number of aromatic nitrogens is 1. The minimum Gasteiger partial charge on any atom is -0.353 e. The molecule has 0 atom stereocenters. The van der Waals surface area contributed by atoms with Crippen LogP contribution < -0.4 is 0 Å². The summed E-state index contributed by atoms with van der Waals surface area (Å²) in [5.74, 6) is 0. The second kappa shape index (κ2) is 10.4. The molecule has 0 spiro atoms. The van der Waals surface area contributed by atoms with E-state index in [1.165, 1.54) is 0 Å². The minimum atomic E-state index is 0.664. The number of pyridine rings is 1. The molecule has 0 fully saturated rings. The average Bonchev–Trinajstić information content (AvgIpc) is 2.11. The molecule has 0 amide bonds. The largest absolute Gasteiger partial charge is 0.353 e. The third-order valence-corrected chi connectivity index (χ3v) is 1.21. The third kappa shape index (κ3) is 7.51. The van der Waals surface area contributed by atoms with Gasteiger partial charge in [-0.15, -0.1) is 13.2 Å². The van der Waals surface area contributed by atoms with Crippen molar-refractivity contribution in [2.45, 2.75) is 13.8 Å². The SMILES string of the molecule is C=C.CC.S=c1cc(Cl)cc[nH]1. The molecular weight excluding hydrogens is 190 g/mol. The Hall–Kier alpha value is -0.600. The van der Waals surface area contributed by atoms with E-state index in [9.17, 15) is 0 Å². The van der Waals surface area contributed by atoms with Gasteiger partial charge in [0.2, 0.25) is 0 Å². The van der Waals surface area contributed by atoms with E-state index in [0.717, 1.165) is 0 Å². The van der Waals surface area contributed by atoms with Gasteiger partial charge >= 0.3 is 0 Å². The smallest absolute Gasteiger partial charge is 0.104 e. The fraction of sp³-hybridized carbons (Fsp3) is 0.222. The van der Waals surface area contributed by atoms with Crippen molar-refractivity contribution in [1.82, 2.24) is 4.98 Å². The number of halogens is 1. The molecule has 3 heteroatoms. The molecule has 0 unspecified atom stereocenters. The van der Waals surface area contributed by atoms with Crippen molar-refractivity contribution in [3.8, 4) is 0 Å². The third-order valence-electron chi connectivity index (χ3n) is 0.737. The van der Waals surface area contributed by atoms with Crippen LogP contribution in [0.1, 0.15) is 13.8 Å². The Morgan fingerprint density at radius 3 is 2.17 bits per heavy atom. The molecule has 1 heterocycles.